The van der Waals surface area contributed by atoms with Gasteiger partial charge < -0.3 is 9.40 Å². The predicted octanol–water partition coefficient (Wildman–Crippen LogP) is 5.87. The lowest BCUT2D eigenvalue weighted by atomic mass is 10.1. The van der Waals surface area contributed by atoms with Crippen LogP contribution in [0.3, 0.4) is 0 Å². The number of hydrogen-bond donors (Lipinski definition) is 1. The molecule has 100 valence electrons. The Morgan fingerprint density at radius 2 is 1.67 bits per heavy atom. The summed E-state index contributed by atoms with van der Waals surface area (Å²) in [7, 11) is 0. The number of furan rings is 1. The minimum Gasteiger partial charge on any atom is -0.456 e. The largest absolute Gasteiger partial charge is 0.456 e. The Hall–Kier alpha value is -2.45. The number of rotatable bonds is 0. The number of halogens is 1. The fourth-order valence-electron chi connectivity index (χ4n) is 3.18. The van der Waals surface area contributed by atoms with Crippen molar-refractivity contribution in [3.63, 3.8) is 0 Å². The number of nitrogens with one attached hydrogen (secondary N) is 1. The van der Waals surface area contributed by atoms with E-state index in [0.717, 1.165) is 38.0 Å². The molecule has 0 aliphatic rings. The molecular formula is C18H10ClNO. The molecule has 5 rings (SSSR count). The van der Waals surface area contributed by atoms with Gasteiger partial charge in [0.2, 0.25) is 0 Å². The number of benzene rings is 3. The van der Waals surface area contributed by atoms with Gasteiger partial charge in [0.1, 0.15) is 11.2 Å². The molecule has 0 fully saturated rings. The average molecular weight is 292 g/mol. The van der Waals surface area contributed by atoms with Gasteiger partial charge in [-0.2, -0.15) is 0 Å². The maximum atomic E-state index is 6.10. The molecule has 1 N–H and O–H groups in total. The zero-order chi connectivity index (χ0) is 14.0. The van der Waals surface area contributed by atoms with E-state index in [-0.39, 0.29) is 0 Å². The second kappa shape index (κ2) is 3.80. The van der Waals surface area contributed by atoms with E-state index < -0.39 is 0 Å². The van der Waals surface area contributed by atoms with Gasteiger partial charge in [-0.15, -0.1) is 0 Å². The highest BCUT2D eigenvalue weighted by atomic mass is 35.5. The topological polar surface area (TPSA) is 28.9 Å². The van der Waals surface area contributed by atoms with Crippen LogP contribution in [0.4, 0.5) is 0 Å². The van der Waals surface area contributed by atoms with E-state index >= 15 is 0 Å². The van der Waals surface area contributed by atoms with Crippen molar-refractivity contribution in [3.05, 3.63) is 59.6 Å². The molecule has 0 aliphatic heterocycles. The minimum absolute atomic E-state index is 0.738. The number of hydrogen-bond acceptors (Lipinski definition) is 1. The molecule has 2 heterocycles. The van der Waals surface area contributed by atoms with Gasteiger partial charge in [0.15, 0.2) is 0 Å². The van der Waals surface area contributed by atoms with E-state index in [1.165, 1.54) is 10.8 Å². The summed E-state index contributed by atoms with van der Waals surface area (Å²) in [6, 6.07) is 18.2. The number of fused-ring (bicyclic) bond motifs is 7. The second-order valence-corrected chi connectivity index (χ2v) is 5.71. The van der Waals surface area contributed by atoms with E-state index in [2.05, 4.69) is 23.2 Å². The molecule has 0 saturated carbocycles. The third-order valence-electron chi connectivity index (χ3n) is 4.06. The van der Waals surface area contributed by atoms with Crippen LogP contribution >= 0.6 is 11.6 Å². The Bertz CT molecular complexity index is 1150. The minimum atomic E-state index is 0.738. The van der Waals surface area contributed by atoms with Crippen LogP contribution in [0.25, 0.3) is 43.7 Å². The van der Waals surface area contributed by atoms with Crippen LogP contribution in [0.1, 0.15) is 0 Å². The summed E-state index contributed by atoms with van der Waals surface area (Å²) in [4.78, 5) is 3.44. The summed E-state index contributed by atoms with van der Waals surface area (Å²) in [5.74, 6) is 0. The molecular weight excluding hydrogens is 282 g/mol. The number of aromatic nitrogens is 1. The van der Waals surface area contributed by atoms with Crippen LogP contribution in [0.5, 0.6) is 0 Å². The van der Waals surface area contributed by atoms with Gasteiger partial charge in [-0.1, -0.05) is 35.9 Å². The summed E-state index contributed by atoms with van der Waals surface area (Å²) in [5, 5.41) is 5.42. The number of aromatic amines is 1. The third-order valence-corrected chi connectivity index (χ3v) is 4.30. The normalized spacial score (nSPS) is 12.0. The molecule has 5 aromatic rings. The van der Waals surface area contributed by atoms with E-state index in [0.29, 0.717) is 0 Å². The van der Waals surface area contributed by atoms with Crippen LogP contribution in [-0.4, -0.2) is 4.98 Å². The maximum absolute atomic E-state index is 6.10. The van der Waals surface area contributed by atoms with Crippen LogP contribution in [0.15, 0.2) is 59.0 Å². The van der Waals surface area contributed by atoms with Crippen molar-refractivity contribution in [2.24, 2.45) is 0 Å². The molecule has 2 aromatic heterocycles. The molecule has 0 radical (unpaired) electrons. The Balaban J connectivity index is 2.14. The lowest BCUT2D eigenvalue weighted by Crippen LogP contribution is -1.70. The van der Waals surface area contributed by atoms with Gasteiger partial charge in [0.05, 0.1) is 0 Å². The van der Waals surface area contributed by atoms with Crippen molar-refractivity contribution in [2.45, 2.75) is 0 Å². The van der Waals surface area contributed by atoms with Crippen molar-refractivity contribution >= 4 is 55.3 Å². The van der Waals surface area contributed by atoms with E-state index in [4.69, 9.17) is 16.0 Å². The zero-order valence-electron chi connectivity index (χ0n) is 11.0. The van der Waals surface area contributed by atoms with E-state index in [9.17, 15) is 0 Å². The van der Waals surface area contributed by atoms with Gasteiger partial charge >= 0.3 is 0 Å². The molecule has 3 heteroatoms. The molecule has 0 unspecified atom stereocenters. The number of para-hydroxylation sites is 1. The standard InChI is InChI=1S/C18H10ClNO/c19-10-5-6-11-14(9-10)20-13-7-8-16-18(17(11)13)12-3-1-2-4-15(12)21-16/h1-9,20H. The zero-order valence-corrected chi connectivity index (χ0v) is 11.7. The Morgan fingerprint density at radius 1 is 0.762 bits per heavy atom. The predicted molar refractivity (Wildman–Crippen MR) is 88.1 cm³/mol. The Kier molecular flexibility index (Phi) is 2.04. The van der Waals surface area contributed by atoms with Gasteiger partial charge in [-0.05, 0) is 30.3 Å². The average Bonchev–Trinajstić information content (AvgIpc) is 3.03. The first-order valence-electron chi connectivity index (χ1n) is 6.82. The van der Waals surface area contributed by atoms with Crippen molar-refractivity contribution < 1.29 is 4.42 Å². The molecule has 3 aromatic carbocycles. The second-order valence-electron chi connectivity index (χ2n) is 5.27. The lowest BCUT2D eigenvalue weighted by molar-refractivity contribution is 0.669. The Morgan fingerprint density at radius 3 is 2.62 bits per heavy atom. The first-order chi connectivity index (χ1) is 10.3. The SMILES string of the molecule is Clc1ccc2c(c1)[nH]c1ccc3oc4ccccc4c3c12. The fraction of sp³-hybridized carbons (Fsp3) is 0. The highest BCUT2D eigenvalue weighted by Crippen LogP contribution is 2.38. The van der Waals surface area contributed by atoms with Gasteiger partial charge in [0.25, 0.3) is 0 Å². The van der Waals surface area contributed by atoms with Crippen molar-refractivity contribution in [2.75, 3.05) is 0 Å². The third kappa shape index (κ3) is 1.43. The maximum Gasteiger partial charge on any atom is 0.136 e. The van der Waals surface area contributed by atoms with E-state index in [1.807, 2.05) is 36.4 Å². The molecule has 2 nitrogen and oxygen atoms in total. The monoisotopic (exact) mass is 291 g/mol. The molecule has 0 spiro atoms. The highest BCUT2D eigenvalue weighted by molar-refractivity contribution is 6.32. The van der Waals surface area contributed by atoms with Crippen LogP contribution < -0.4 is 0 Å². The molecule has 0 aliphatic carbocycles. The molecule has 21 heavy (non-hydrogen) atoms. The van der Waals surface area contributed by atoms with Crippen molar-refractivity contribution in [1.82, 2.24) is 4.98 Å². The first kappa shape index (κ1) is 11.2. The molecule has 0 atom stereocenters. The van der Waals surface area contributed by atoms with Crippen molar-refractivity contribution in [3.8, 4) is 0 Å². The van der Waals surface area contributed by atoms with Gasteiger partial charge in [-0.25, -0.2) is 0 Å². The van der Waals surface area contributed by atoms with Gasteiger partial charge in [-0.3, -0.25) is 0 Å². The summed E-state index contributed by atoms with van der Waals surface area (Å²) in [6.07, 6.45) is 0. The quantitative estimate of drug-likeness (QED) is 0.379. The smallest absolute Gasteiger partial charge is 0.136 e. The summed E-state index contributed by atoms with van der Waals surface area (Å²) in [5.41, 5.74) is 3.99. The number of H-pyrrole nitrogens is 1. The first-order valence-corrected chi connectivity index (χ1v) is 7.20. The molecule has 0 amide bonds. The summed E-state index contributed by atoms with van der Waals surface area (Å²) >= 11 is 6.10. The lowest BCUT2D eigenvalue weighted by Gasteiger charge is -1.95. The highest BCUT2D eigenvalue weighted by Gasteiger charge is 2.14. The van der Waals surface area contributed by atoms with Crippen molar-refractivity contribution in [1.29, 1.82) is 0 Å². The van der Waals surface area contributed by atoms with Crippen LogP contribution in [0.2, 0.25) is 5.02 Å². The fourth-order valence-corrected chi connectivity index (χ4v) is 3.36. The molecule has 0 saturated heterocycles. The van der Waals surface area contributed by atoms with Gasteiger partial charge in [0, 0.05) is 37.6 Å². The molecule has 0 bridgehead atoms. The summed E-state index contributed by atoms with van der Waals surface area (Å²) < 4.78 is 5.96. The van der Waals surface area contributed by atoms with Crippen LogP contribution in [-0.2, 0) is 0 Å². The van der Waals surface area contributed by atoms with E-state index in [1.54, 1.807) is 0 Å². The Labute approximate surface area is 124 Å². The summed E-state index contributed by atoms with van der Waals surface area (Å²) in [6.45, 7) is 0. The van der Waals surface area contributed by atoms with Crippen LogP contribution in [0, 0.1) is 0 Å².